The molecule has 0 aliphatic rings. The highest BCUT2D eigenvalue weighted by Gasteiger charge is 2.10. The minimum atomic E-state index is -0.317. The molecule has 0 heterocycles. The van der Waals surface area contributed by atoms with Gasteiger partial charge < -0.3 is 10.5 Å². The first-order valence-electron chi connectivity index (χ1n) is 5.44. The number of ether oxygens (including phenoxy) is 1. The Kier molecular flexibility index (Phi) is 6.24. The smallest absolute Gasteiger partial charge is 0.245 e. The van der Waals surface area contributed by atoms with E-state index >= 15 is 0 Å². The molecule has 1 aromatic carbocycles. The molecule has 0 aliphatic carbocycles. The van der Waals surface area contributed by atoms with Crippen molar-refractivity contribution in [2.24, 2.45) is 5.73 Å². The normalized spacial score (nSPS) is 12.1. The second kappa shape index (κ2) is 7.78. The number of nitrogens with two attached hydrogens (primary N) is 1. The molecule has 3 N–H and O–H groups in total. The minimum Gasteiger partial charge on any atom is -0.382 e. The summed E-state index contributed by atoms with van der Waals surface area (Å²) in [5.41, 5.74) is 9.13. The summed E-state index contributed by atoms with van der Waals surface area (Å²) in [6.07, 6.45) is 0.191. The first kappa shape index (κ1) is 13.6. The standard InChI is InChI=1S/C12H18N2O3/c1-16-7-8-17-14-12(15)9-11(13)10-5-3-2-4-6-10/h2-6,11H,7-9,13H2,1H3,(H,14,15). The number of hydrogen-bond acceptors (Lipinski definition) is 4. The van der Waals surface area contributed by atoms with Gasteiger partial charge in [-0.3, -0.25) is 9.63 Å². The molecule has 1 atom stereocenters. The molecule has 94 valence electrons. The van der Waals surface area contributed by atoms with Crippen LogP contribution in [0.4, 0.5) is 0 Å². The van der Waals surface area contributed by atoms with Crippen molar-refractivity contribution >= 4 is 5.91 Å². The lowest BCUT2D eigenvalue weighted by Gasteiger charge is -2.11. The number of carbonyl (C=O) groups excluding carboxylic acids is 1. The molecule has 1 aromatic rings. The van der Waals surface area contributed by atoms with Crippen molar-refractivity contribution in [1.29, 1.82) is 0 Å². The highest BCUT2D eigenvalue weighted by molar-refractivity contribution is 5.75. The third-order valence-corrected chi connectivity index (χ3v) is 2.21. The zero-order valence-electron chi connectivity index (χ0n) is 9.89. The Bertz CT molecular complexity index is 330. The van der Waals surface area contributed by atoms with Crippen molar-refractivity contribution in [3.05, 3.63) is 35.9 Å². The Morgan fingerprint density at radius 3 is 2.71 bits per heavy atom. The van der Waals surface area contributed by atoms with E-state index in [0.29, 0.717) is 13.2 Å². The molecule has 1 rings (SSSR count). The van der Waals surface area contributed by atoms with Gasteiger partial charge in [-0.05, 0) is 5.56 Å². The molecule has 1 amide bonds. The maximum Gasteiger partial charge on any atom is 0.245 e. The fourth-order valence-corrected chi connectivity index (χ4v) is 1.32. The van der Waals surface area contributed by atoms with Crippen molar-refractivity contribution in [3.63, 3.8) is 0 Å². The van der Waals surface area contributed by atoms with Gasteiger partial charge in [-0.15, -0.1) is 0 Å². The Balaban J connectivity index is 2.26. The molecule has 17 heavy (non-hydrogen) atoms. The van der Waals surface area contributed by atoms with Crippen LogP contribution >= 0.6 is 0 Å². The van der Waals surface area contributed by atoms with Crippen molar-refractivity contribution < 1.29 is 14.4 Å². The molecule has 0 spiro atoms. The summed E-state index contributed by atoms with van der Waals surface area (Å²) in [6.45, 7) is 0.758. The van der Waals surface area contributed by atoms with Crippen LogP contribution in [0.5, 0.6) is 0 Å². The number of benzene rings is 1. The van der Waals surface area contributed by atoms with Gasteiger partial charge in [0.05, 0.1) is 13.2 Å². The Morgan fingerprint density at radius 1 is 1.35 bits per heavy atom. The molecular weight excluding hydrogens is 220 g/mol. The summed E-state index contributed by atoms with van der Waals surface area (Å²) in [7, 11) is 1.57. The number of amides is 1. The average molecular weight is 238 g/mol. The van der Waals surface area contributed by atoms with E-state index in [9.17, 15) is 4.79 Å². The largest absolute Gasteiger partial charge is 0.382 e. The molecule has 0 bridgehead atoms. The van der Waals surface area contributed by atoms with Crippen LogP contribution < -0.4 is 11.2 Å². The molecule has 1 unspecified atom stereocenters. The summed E-state index contributed by atoms with van der Waals surface area (Å²) < 4.78 is 4.77. The maximum absolute atomic E-state index is 11.4. The third kappa shape index (κ3) is 5.44. The minimum absolute atomic E-state index is 0.191. The highest BCUT2D eigenvalue weighted by Crippen LogP contribution is 2.12. The highest BCUT2D eigenvalue weighted by atomic mass is 16.7. The van der Waals surface area contributed by atoms with Crippen LogP contribution in [0.1, 0.15) is 18.0 Å². The van der Waals surface area contributed by atoms with Crippen LogP contribution in [0, 0.1) is 0 Å². The third-order valence-electron chi connectivity index (χ3n) is 2.21. The molecule has 0 saturated carbocycles. The van der Waals surface area contributed by atoms with Gasteiger partial charge in [0.25, 0.3) is 0 Å². The summed E-state index contributed by atoms with van der Waals surface area (Å²) in [5.74, 6) is -0.238. The summed E-state index contributed by atoms with van der Waals surface area (Å²) >= 11 is 0. The van der Waals surface area contributed by atoms with Crippen molar-refractivity contribution in [3.8, 4) is 0 Å². The first-order valence-corrected chi connectivity index (χ1v) is 5.44. The van der Waals surface area contributed by atoms with Crippen molar-refractivity contribution in [2.75, 3.05) is 20.3 Å². The van der Waals surface area contributed by atoms with E-state index in [4.69, 9.17) is 15.3 Å². The number of methoxy groups -OCH3 is 1. The topological polar surface area (TPSA) is 73.6 Å². The molecule has 0 fully saturated rings. The quantitative estimate of drug-likeness (QED) is 0.543. The molecule has 5 nitrogen and oxygen atoms in total. The second-order valence-corrected chi connectivity index (χ2v) is 3.59. The van der Waals surface area contributed by atoms with Gasteiger partial charge in [-0.25, -0.2) is 5.48 Å². The molecule has 0 aromatic heterocycles. The van der Waals surface area contributed by atoms with E-state index in [2.05, 4.69) is 5.48 Å². The van der Waals surface area contributed by atoms with Gasteiger partial charge in [0, 0.05) is 19.6 Å². The lowest BCUT2D eigenvalue weighted by Crippen LogP contribution is -2.28. The second-order valence-electron chi connectivity index (χ2n) is 3.59. The Labute approximate surface area is 101 Å². The SMILES string of the molecule is COCCONC(=O)CC(N)c1ccccc1. The van der Waals surface area contributed by atoms with Crippen molar-refractivity contribution in [1.82, 2.24) is 5.48 Å². The lowest BCUT2D eigenvalue weighted by atomic mass is 10.1. The monoisotopic (exact) mass is 238 g/mol. The number of hydrogen-bond donors (Lipinski definition) is 2. The van der Waals surface area contributed by atoms with Gasteiger partial charge in [-0.2, -0.15) is 0 Å². The Morgan fingerprint density at radius 2 is 2.06 bits per heavy atom. The van der Waals surface area contributed by atoms with E-state index in [-0.39, 0.29) is 18.4 Å². The van der Waals surface area contributed by atoms with Crippen molar-refractivity contribution in [2.45, 2.75) is 12.5 Å². The molecule has 0 saturated heterocycles. The summed E-state index contributed by atoms with van der Waals surface area (Å²) in [5, 5.41) is 0. The van der Waals surface area contributed by atoms with Crippen LogP contribution in [-0.2, 0) is 14.4 Å². The number of nitrogens with one attached hydrogen (secondary N) is 1. The van der Waals surface area contributed by atoms with Crippen LogP contribution in [0.25, 0.3) is 0 Å². The van der Waals surface area contributed by atoms with E-state index in [0.717, 1.165) is 5.56 Å². The van der Waals surface area contributed by atoms with E-state index in [1.54, 1.807) is 7.11 Å². The van der Waals surface area contributed by atoms with Crippen LogP contribution in [0.15, 0.2) is 30.3 Å². The van der Waals surface area contributed by atoms with Gasteiger partial charge >= 0.3 is 0 Å². The Hall–Kier alpha value is -1.43. The van der Waals surface area contributed by atoms with Gasteiger partial charge in [-0.1, -0.05) is 30.3 Å². The average Bonchev–Trinajstić information content (AvgIpc) is 2.36. The fourth-order valence-electron chi connectivity index (χ4n) is 1.32. The lowest BCUT2D eigenvalue weighted by molar-refractivity contribution is -0.134. The van der Waals surface area contributed by atoms with Gasteiger partial charge in [0.2, 0.25) is 5.91 Å². The van der Waals surface area contributed by atoms with E-state index in [1.165, 1.54) is 0 Å². The van der Waals surface area contributed by atoms with Gasteiger partial charge in [0.1, 0.15) is 0 Å². The molecule has 0 aliphatic heterocycles. The van der Waals surface area contributed by atoms with E-state index in [1.807, 2.05) is 30.3 Å². The zero-order valence-corrected chi connectivity index (χ0v) is 9.89. The summed E-state index contributed by atoms with van der Waals surface area (Å²) in [6, 6.07) is 9.16. The van der Waals surface area contributed by atoms with Crippen LogP contribution in [-0.4, -0.2) is 26.2 Å². The fraction of sp³-hybridized carbons (Fsp3) is 0.417. The van der Waals surface area contributed by atoms with E-state index < -0.39 is 0 Å². The maximum atomic E-state index is 11.4. The predicted octanol–water partition coefficient (Wildman–Crippen LogP) is 0.771. The predicted molar refractivity (Wildman–Crippen MR) is 64.0 cm³/mol. The molecule has 0 radical (unpaired) electrons. The number of rotatable bonds is 7. The number of hydroxylamine groups is 1. The molecule has 5 heteroatoms. The molecular formula is C12H18N2O3. The number of carbonyl (C=O) groups is 1. The van der Waals surface area contributed by atoms with Gasteiger partial charge in [0.15, 0.2) is 0 Å². The first-order chi connectivity index (χ1) is 8.24. The van der Waals surface area contributed by atoms with Crippen LogP contribution in [0.3, 0.4) is 0 Å². The summed E-state index contributed by atoms with van der Waals surface area (Å²) in [4.78, 5) is 16.3. The van der Waals surface area contributed by atoms with Crippen LogP contribution in [0.2, 0.25) is 0 Å². The zero-order chi connectivity index (χ0) is 12.5.